The number of amides is 1. The van der Waals surface area contributed by atoms with Crippen molar-refractivity contribution in [3.8, 4) is 0 Å². The van der Waals surface area contributed by atoms with Gasteiger partial charge < -0.3 is 14.8 Å². The van der Waals surface area contributed by atoms with Gasteiger partial charge in [0.15, 0.2) is 0 Å². The van der Waals surface area contributed by atoms with E-state index in [0.717, 1.165) is 10.6 Å². The van der Waals surface area contributed by atoms with Gasteiger partial charge in [-0.3, -0.25) is 14.5 Å². The average Bonchev–Trinajstić information content (AvgIpc) is 3.19. The number of carbonyl (C=O) groups excluding carboxylic acids is 1. The molecule has 2 heterocycles. The summed E-state index contributed by atoms with van der Waals surface area (Å²) in [6.07, 6.45) is 1.71. The fraction of sp³-hybridized carbons (Fsp3) is 0.412. The number of nitrogens with one attached hydrogen (secondary N) is 1. The molecule has 2 rings (SSSR count). The number of hydrogen-bond donors (Lipinski definition) is 2. The normalized spacial score (nSPS) is 13.6. The van der Waals surface area contributed by atoms with E-state index in [1.54, 1.807) is 6.26 Å². The number of rotatable bonds is 9. The molecule has 0 aliphatic rings. The third kappa shape index (κ3) is 5.21. The van der Waals surface area contributed by atoms with Crippen LogP contribution in [0, 0.1) is 0 Å². The molecule has 7 heteroatoms. The Hall–Kier alpha value is -2.12. The minimum atomic E-state index is -0.900. The molecule has 0 bridgehead atoms. The molecule has 24 heavy (non-hydrogen) atoms. The van der Waals surface area contributed by atoms with Crippen LogP contribution < -0.4 is 5.32 Å². The van der Waals surface area contributed by atoms with Crippen LogP contribution in [-0.4, -0.2) is 42.5 Å². The van der Waals surface area contributed by atoms with E-state index in [4.69, 9.17) is 9.52 Å². The van der Waals surface area contributed by atoms with E-state index >= 15 is 0 Å². The Labute approximate surface area is 145 Å². The van der Waals surface area contributed by atoms with E-state index in [0.29, 0.717) is 6.54 Å². The first-order valence-electron chi connectivity index (χ1n) is 7.69. The second-order valence-electron chi connectivity index (χ2n) is 5.81. The van der Waals surface area contributed by atoms with Crippen molar-refractivity contribution in [3.63, 3.8) is 0 Å². The molecule has 0 aromatic carbocycles. The summed E-state index contributed by atoms with van der Waals surface area (Å²) in [5, 5.41) is 13.8. The molecule has 6 nitrogen and oxygen atoms in total. The van der Waals surface area contributed by atoms with Crippen molar-refractivity contribution in [3.05, 3.63) is 46.5 Å². The molecule has 130 valence electrons. The van der Waals surface area contributed by atoms with Crippen LogP contribution in [-0.2, 0) is 9.59 Å². The topological polar surface area (TPSA) is 82.8 Å². The first-order valence-corrected chi connectivity index (χ1v) is 8.57. The quantitative estimate of drug-likeness (QED) is 0.726. The molecule has 0 aliphatic heterocycles. The number of aliphatic carboxylic acids is 1. The molecule has 0 radical (unpaired) electrons. The van der Waals surface area contributed by atoms with Gasteiger partial charge in [-0.25, -0.2) is 0 Å². The Morgan fingerprint density at radius 2 is 2.08 bits per heavy atom. The molecule has 2 atom stereocenters. The molecule has 2 N–H and O–H groups in total. The lowest BCUT2D eigenvalue weighted by Gasteiger charge is -2.23. The van der Waals surface area contributed by atoms with Gasteiger partial charge in [0.1, 0.15) is 5.76 Å². The highest BCUT2D eigenvalue weighted by Crippen LogP contribution is 2.27. The van der Waals surface area contributed by atoms with Gasteiger partial charge in [0, 0.05) is 23.8 Å². The van der Waals surface area contributed by atoms with Crippen LogP contribution >= 0.6 is 11.3 Å². The summed E-state index contributed by atoms with van der Waals surface area (Å²) in [5.41, 5.74) is 0. The molecule has 0 fully saturated rings. The van der Waals surface area contributed by atoms with Gasteiger partial charge in [-0.1, -0.05) is 6.07 Å². The van der Waals surface area contributed by atoms with Crippen LogP contribution in [0.3, 0.4) is 0 Å². The monoisotopic (exact) mass is 350 g/mol. The summed E-state index contributed by atoms with van der Waals surface area (Å²) in [6.45, 7) is 0.406. The number of carboxylic acids is 1. The Morgan fingerprint density at radius 3 is 2.62 bits per heavy atom. The molecule has 0 aliphatic carbocycles. The van der Waals surface area contributed by atoms with Crippen LogP contribution in [0.1, 0.15) is 35.4 Å². The zero-order chi connectivity index (χ0) is 17.5. The van der Waals surface area contributed by atoms with Crippen LogP contribution in [0.15, 0.2) is 40.3 Å². The lowest BCUT2D eigenvalue weighted by molar-refractivity contribution is -0.137. The summed E-state index contributed by atoms with van der Waals surface area (Å²) in [4.78, 5) is 26.2. The van der Waals surface area contributed by atoms with Gasteiger partial charge in [0.2, 0.25) is 5.91 Å². The van der Waals surface area contributed by atoms with Gasteiger partial charge in [-0.05, 0) is 37.7 Å². The van der Waals surface area contributed by atoms with Gasteiger partial charge in [-0.15, -0.1) is 11.3 Å². The number of carboxylic acid groups (broad SMARTS) is 1. The van der Waals surface area contributed by atoms with Crippen LogP contribution in [0.5, 0.6) is 0 Å². The number of carbonyl (C=O) groups is 2. The zero-order valence-electron chi connectivity index (χ0n) is 13.8. The molecule has 1 amide bonds. The van der Waals surface area contributed by atoms with Crippen molar-refractivity contribution in [2.24, 2.45) is 0 Å². The van der Waals surface area contributed by atoms with Crippen LogP contribution in [0.2, 0.25) is 0 Å². The fourth-order valence-corrected chi connectivity index (χ4v) is 3.36. The summed E-state index contributed by atoms with van der Waals surface area (Å²) >= 11 is 1.48. The first kappa shape index (κ1) is 18.2. The number of likely N-dealkylation sites (N-methyl/N-ethyl adjacent to an activating group) is 1. The van der Waals surface area contributed by atoms with Crippen molar-refractivity contribution in [1.29, 1.82) is 0 Å². The van der Waals surface area contributed by atoms with Crippen molar-refractivity contribution < 1.29 is 19.1 Å². The zero-order valence-corrected chi connectivity index (χ0v) is 14.6. The minimum absolute atomic E-state index is 0.0524. The predicted octanol–water partition coefficient (Wildman–Crippen LogP) is 2.71. The maximum absolute atomic E-state index is 12.3. The van der Waals surface area contributed by atoms with Crippen LogP contribution in [0.25, 0.3) is 0 Å². The van der Waals surface area contributed by atoms with Gasteiger partial charge in [0.25, 0.3) is 0 Å². The molecule has 2 aromatic heterocycles. The Bertz CT molecular complexity index is 638. The Morgan fingerprint density at radius 1 is 1.29 bits per heavy atom. The van der Waals surface area contributed by atoms with E-state index in [1.165, 1.54) is 11.3 Å². The largest absolute Gasteiger partial charge is 0.481 e. The number of furan rings is 1. The van der Waals surface area contributed by atoms with E-state index in [2.05, 4.69) is 5.32 Å². The van der Waals surface area contributed by atoms with E-state index in [1.807, 2.05) is 48.6 Å². The summed E-state index contributed by atoms with van der Waals surface area (Å²) in [5.74, 6) is -0.583. The molecule has 2 aromatic rings. The molecular formula is C17H22N2O4S. The highest BCUT2D eigenvalue weighted by molar-refractivity contribution is 7.10. The molecule has 0 saturated heterocycles. The van der Waals surface area contributed by atoms with E-state index in [-0.39, 0.29) is 30.7 Å². The number of hydrogen-bond acceptors (Lipinski definition) is 5. The van der Waals surface area contributed by atoms with Gasteiger partial charge >= 0.3 is 5.97 Å². The van der Waals surface area contributed by atoms with E-state index < -0.39 is 5.97 Å². The Balaban J connectivity index is 1.94. The fourth-order valence-electron chi connectivity index (χ4n) is 2.53. The highest BCUT2D eigenvalue weighted by Gasteiger charge is 2.22. The van der Waals surface area contributed by atoms with Crippen LogP contribution in [0.4, 0.5) is 0 Å². The van der Waals surface area contributed by atoms with Crippen molar-refractivity contribution >= 4 is 23.2 Å². The number of nitrogens with zero attached hydrogens (tertiary/aromatic N) is 1. The molecule has 0 spiro atoms. The van der Waals surface area contributed by atoms with Crippen molar-refractivity contribution in [1.82, 2.24) is 10.2 Å². The van der Waals surface area contributed by atoms with E-state index in [9.17, 15) is 9.59 Å². The lowest BCUT2D eigenvalue weighted by Crippen LogP contribution is -2.35. The third-order valence-corrected chi connectivity index (χ3v) is 4.82. The second-order valence-corrected chi connectivity index (χ2v) is 6.79. The summed E-state index contributed by atoms with van der Waals surface area (Å²) in [7, 11) is 3.83. The average molecular weight is 350 g/mol. The van der Waals surface area contributed by atoms with Gasteiger partial charge in [-0.2, -0.15) is 0 Å². The summed E-state index contributed by atoms with van der Waals surface area (Å²) in [6, 6.07) is 7.36. The standard InChI is InChI=1S/C17H22N2O4S/c1-19(2)13(14-5-3-7-23-14)11-18-16(20)9-12(10-17(21)22)15-6-4-8-24-15/h3-8,12-13H,9-11H2,1-2H3,(H,18,20)(H,21,22). The molecular weight excluding hydrogens is 328 g/mol. The van der Waals surface area contributed by atoms with Crippen molar-refractivity contribution in [2.45, 2.75) is 24.8 Å². The maximum Gasteiger partial charge on any atom is 0.304 e. The molecule has 0 saturated carbocycles. The second kappa shape index (κ2) is 8.65. The minimum Gasteiger partial charge on any atom is -0.481 e. The smallest absolute Gasteiger partial charge is 0.304 e. The Kier molecular flexibility index (Phi) is 6.57. The van der Waals surface area contributed by atoms with Crippen molar-refractivity contribution in [2.75, 3.05) is 20.6 Å². The predicted molar refractivity (Wildman–Crippen MR) is 92.1 cm³/mol. The van der Waals surface area contributed by atoms with Gasteiger partial charge in [0.05, 0.1) is 18.7 Å². The maximum atomic E-state index is 12.3. The number of thiophene rings is 1. The molecule has 2 unspecified atom stereocenters. The SMILES string of the molecule is CN(C)C(CNC(=O)CC(CC(=O)O)c1cccs1)c1ccco1. The third-order valence-electron chi connectivity index (χ3n) is 3.79. The summed E-state index contributed by atoms with van der Waals surface area (Å²) < 4.78 is 5.41. The highest BCUT2D eigenvalue weighted by atomic mass is 32.1. The first-order chi connectivity index (χ1) is 11.5. The lowest BCUT2D eigenvalue weighted by atomic mass is 9.99.